The number of hydrogen-bond donors (Lipinski definition) is 2. The van der Waals surface area contributed by atoms with Crippen molar-refractivity contribution in [3.63, 3.8) is 0 Å². The van der Waals surface area contributed by atoms with E-state index in [4.69, 9.17) is 0 Å². The molecule has 2 amide bonds. The molecule has 1 atom stereocenters. The molecule has 2 heterocycles. The first-order chi connectivity index (χ1) is 24.9. The van der Waals surface area contributed by atoms with Gasteiger partial charge >= 0.3 is 12.1 Å². The van der Waals surface area contributed by atoms with Crippen molar-refractivity contribution in [2.45, 2.75) is 38.4 Å². The molecule has 1 saturated heterocycles. The van der Waals surface area contributed by atoms with Gasteiger partial charge in [0, 0.05) is 54.2 Å². The minimum absolute atomic E-state index is 0.0198. The largest absolute Gasteiger partial charge is 0.481 e. The van der Waals surface area contributed by atoms with Gasteiger partial charge in [-0.3, -0.25) is 14.4 Å². The topological polar surface area (TPSA) is 112 Å². The Morgan fingerprint density at radius 3 is 2.00 bits per heavy atom. The average Bonchev–Trinajstić information content (AvgIpc) is 3.11. The molecule has 6 rings (SSSR count). The molecular weight excluding hydrogens is 676 g/mol. The highest BCUT2D eigenvalue weighted by molar-refractivity contribution is 5.98. The Bertz CT molecular complexity index is 2060. The predicted molar refractivity (Wildman–Crippen MR) is 186 cm³/mol. The van der Waals surface area contributed by atoms with Gasteiger partial charge in [-0.1, -0.05) is 74.0 Å². The summed E-state index contributed by atoms with van der Waals surface area (Å²) in [6.07, 6.45) is 0.570. The van der Waals surface area contributed by atoms with Gasteiger partial charge in [-0.15, -0.1) is 0 Å². The fourth-order valence-electron chi connectivity index (χ4n) is 6.01. The molecule has 5 aromatic rings. The maximum Gasteiger partial charge on any atom is 0.416 e. The van der Waals surface area contributed by atoms with Crippen LogP contribution in [0.4, 0.5) is 17.6 Å². The molecule has 0 aliphatic carbocycles. The predicted octanol–water partition coefficient (Wildman–Crippen LogP) is 7.47. The van der Waals surface area contributed by atoms with E-state index in [0.717, 1.165) is 48.2 Å². The third-order valence-corrected chi connectivity index (χ3v) is 9.03. The van der Waals surface area contributed by atoms with Crippen molar-refractivity contribution in [3.8, 4) is 33.6 Å². The van der Waals surface area contributed by atoms with E-state index >= 15 is 4.39 Å². The van der Waals surface area contributed by atoms with E-state index in [9.17, 15) is 32.7 Å². The molecule has 0 radical (unpaired) electrons. The van der Waals surface area contributed by atoms with Crippen LogP contribution in [0.3, 0.4) is 0 Å². The normalized spacial score (nSPS) is 13.7. The molecule has 1 aromatic heterocycles. The lowest BCUT2D eigenvalue weighted by Crippen LogP contribution is -2.59. The number of benzene rings is 4. The summed E-state index contributed by atoms with van der Waals surface area (Å²) in [5, 5.41) is 11.9. The number of rotatable bonds is 11. The fourth-order valence-corrected chi connectivity index (χ4v) is 6.01. The van der Waals surface area contributed by atoms with Gasteiger partial charge in [-0.2, -0.15) is 13.2 Å². The lowest BCUT2D eigenvalue weighted by Gasteiger charge is -2.39. The Morgan fingerprint density at radius 1 is 0.827 bits per heavy atom. The monoisotopic (exact) mass is 710 g/mol. The molecule has 1 aliphatic rings. The van der Waals surface area contributed by atoms with Crippen molar-refractivity contribution in [1.82, 2.24) is 20.2 Å². The number of carbonyl (C=O) groups excluding carboxylic acids is 2. The number of amides is 2. The first-order valence-electron chi connectivity index (χ1n) is 16.7. The number of carboxylic acids is 1. The highest BCUT2D eigenvalue weighted by Gasteiger charge is 2.39. The summed E-state index contributed by atoms with van der Waals surface area (Å²) in [6, 6.07) is 22.6. The number of likely N-dealkylation sites (tertiary alicyclic amines) is 1. The van der Waals surface area contributed by atoms with Gasteiger partial charge in [-0.05, 0) is 59.0 Å². The van der Waals surface area contributed by atoms with Crippen LogP contribution >= 0.6 is 0 Å². The highest BCUT2D eigenvalue weighted by Crippen LogP contribution is 2.30. The van der Waals surface area contributed by atoms with Crippen molar-refractivity contribution in [1.29, 1.82) is 0 Å². The van der Waals surface area contributed by atoms with Gasteiger partial charge in [0.05, 0.1) is 11.5 Å². The summed E-state index contributed by atoms with van der Waals surface area (Å²) >= 11 is 0. The van der Waals surface area contributed by atoms with E-state index < -0.39 is 47.3 Å². The van der Waals surface area contributed by atoms with Crippen LogP contribution in [0.5, 0.6) is 0 Å². The van der Waals surface area contributed by atoms with Gasteiger partial charge in [0.15, 0.2) is 5.82 Å². The van der Waals surface area contributed by atoms with Gasteiger partial charge < -0.3 is 15.3 Å². The minimum Gasteiger partial charge on any atom is -0.481 e. The number of aromatic nitrogens is 2. The van der Waals surface area contributed by atoms with Crippen LogP contribution in [0.2, 0.25) is 0 Å². The molecular formula is C40H34F4N4O4. The number of nitrogens with one attached hydrogen (secondary N) is 1. The first-order valence-corrected chi connectivity index (χ1v) is 16.7. The lowest BCUT2D eigenvalue weighted by atomic mass is 9.96. The zero-order chi connectivity index (χ0) is 37.0. The highest BCUT2D eigenvalue weighted by atomic mass is 19.4. The number of aliphatic carboxylic acids is 1. The Balaban J connectivity index is 1.14. The second-order valence-electron chi connectivity index (χ2n) is 12.7. The molecule has 8 nitrogen and oxygen atoms in total. The Kier molecular flexibility index (Phi) is 10.5. The minimum atomic E-state index is -4.57. The Morgan fingerprint density at radius 2 is 1.42 bits per heavy atom. The summed E-state index contributed by atoms with van der Waals surface area (Å²) in [4.78, 5) is 47.9. The van der Waals surface area contributed by atoms with E-state index in [2.05, 4.69) is 34.3 Å². The van der Waals surface area contributed by atoms with Crippen LogP contribution in [-0.4, -0.2) is 56.9 Å². The zero-order valence-electron chi connectivity index (χ0n) is 28.0. The van der Waals surface area contributed by atoms with Crippen molar-refractivity contribution in [2.75, 3.05) is 13.1 Å². The average molecular weight is 711 g/mol. The van der Waals surface area contributed by atoms with Crippen molar-refractivity contribution in [3.05, 3.63) is 131 Å². The van der Waals surface area contributed by atoms with E-state index in [1.165, 1.54) is 28.9 Å². The van der Waals surface area contributed by atoms with Crippen LogP contribution in [0.25, 0.3) is 33.6 Å². The van der Waals surface area contributed by atoms with E-state index in [1.807, 2.05) is 18.2 Å². The van der Waals surface area contributed by atoms with Crippen LogP contribution in [0, 0.1) is 11.7 Å². The fraction of sp³-hybridized carbons (Fsp3) is 0.225. The zero-order valence-corrected chi connectivity index (χ0v) is 28.0. The Hall–Kier alpha value is -5.91. The first kappa shape index (κ1) is 35.9. The van der Waals surface area contributed by atoms with E-state index in [0.29, 0.717) is 28.1 Å². The number of nitrogens with zero attached hydrogens (tertiary/aromatic N) is 3. The molecule has 0 spiro atoms. The SMILES string of the molecule is CCCc1ccc(-c2ccc(-c3cnc(-c4ccc(C[C@H](NC(=O)c5ccc(C(F)(F)F)cc5)C(=O)N5CC(C(=O)O)C5)cc4)nc3)c(F)c2)cc1. The number of hydrogen-bond acceptors (Lipinski definition) is 5. The van der Waals surface area contributed by atoms with Gasteiger partial charge in [0.2, 0.25) is 5.91 Å². The molecule has 0 bridgehead atoms. The molecule has 52 heavy (non-hydrogen) atoms. The van der Waals surface area contributed by atoms with Gasteiger partial charge in [-0.25, -0.2) is 14.4 Å². The molecule has 4 aromatic carbocycles. The third-order valence-electron chi connectivity index (χ3n) is 9.03. The van der Waals surface area contributed by atoms with E-state index in [-0.39, 0.29) is 25.1 Å². The molecule has 0 saturated carbocycles. The summed E-state index contributed by atoms with van der Waals surface area (Å²) in [6.45, 7) is 2.08. The molecule has 1 aliphatic heterocycles. The van der Waals surface area contributed by atoms with Crippen LogP contribution in [0.15, 0.2) is 103 Å². The summed E-state index contributed by atoms with van der Waals surface area (Å²) in [5.41, 5.74) is 4.08. The van der Waals surface area contributed by atoms with Crippen LogP contribution in [-0.2, 0) is 28.6 Å². The molecule has 266 valence electrons. The third kappa shape index (κ3) is 8.17. The maximum absolute atomic E-state index is 15.2. The lowest BCUT2D eigenvalue weighted by molar-refractivity contribution is -0.153. The number of halogens is 4. The Labute approximate surface area is 297 Å². The van der Waals surface area contributed by atoms with E-state index in [1.54, 1.807) is 30.3 Å². The summed E-state index contributed by atoms with van der Waals surface area (Å²) in [5.74, 6) is -3.03. The smallest absolute Gasteiger partial charge is 0.416 e. The van der Waals surface area contributed by atoms with Gasteiger partial charge in [0.25, 0.3) is 5.91 Å². The van der Waals surface area contributed by atoms with Crippen LogP contribution in [0.1, 0.15) is 40.4 Å². The van der Waals surface area contributed by atoms with Crippen molar-refractivity contribution < 1.29 is 37.1 Å². The van der Waals surface area contributed by atoms with Crippen molar-refractivity contribution in [2.24, 2.45) is 5.92 Å². The van der Waals surface area contributed by atoms with Crippen LogP contribution < -0.4 is 5.32 Å². The summed E-state index contributed by atoms with van der Waals surface area (Å²) < 4.78 is 54.3. The molecule has 12 heteroatoms. The maximum atomic E-state index is 15.2. The number of aryl methyl sites for hydroxylation is 1. The van der Waals surface area contributed by atoms with Gasteiger partial charge in [0.1, 0.15) is 11.9 Å². The number of carbonyl (C=O) groups is 3. The van der Waals surface area contributed by atoms with Crippen molar-refractivity contribution >= 4 is 17.8 Å². The number of alkyl halides is 3. The number of carboxylic acid groups (broad SMARTS) is 1. The second-order valence-corrected chi connectivity index (χ2v) is 12.7. The second kappa shape index (κ2) is 15.1. The molecule has 0 unspecified atom stereocenters. The summed E-state index contributed by atoms with van der Waals surface area (Å²) in [7, 11) is 0. The quantitative estimate of drug-likeness (QED) is 0.138. The molecule has 2 N–H and O–H groups in total. The molecule has 1 fully saturated rings. The standard InChI is InChI=1S/C40H34F4N4O4/c1-2-3-24-4-8-26(9-5-24)29-14-17-33(34(41)19-29)30-20-45-36(46-21-30)27-10-6-25(7-11-27)18-35(38(50)48-22-31(23-48)39(51)52)47-37(49)28-12-15-32(16-13-28)40(42,43)44/h4-17,19-21,31,35H,2-3,18,22-23H2,1H3,(H,47,49)(H,51,52)/t35-/m0/s1.